The second-order valence-corrected chi connectivity index (χ2v) is 19.3. The number of hydrogen-bond donors (Lipinski definition) is 0. The molecule has 2 heteroatoms. The van der Waals surface area contributed by atoms with Crippen LogP contribution in [0.3, 0.4) is 0 Å². The third-order valence-corrected chi connectivity index (χ3v) is 15.0. The van der Waals surface area contributed by atoms with E-state index in [9.17, 15) is 0 Å². The van der Waals surface area contributed by atoms with Crippen molar-refractivity contribution in [1.82, 2.24) is 0 Å². The van der Waals surface area contributed by atoms with Crippen molar-refractivity contribution >= 4 is 34.1 Å². The highest BCUT2D eigenvalue weighted by atomic mass is 15.1. The summed E-state index contributed by atoms with van der Waals surface area (Å²) < 4.78 is 0. The zero-order valence-electron chi connectivity index (χ0n) is 41.4. The molecule has 12 aromatic carbocycles. The number of rotatable bonds is 12. The number of benzene rings is 12. The van der Waals surface area contributed by atoms with Gasteiger partial charge in [-0.25, -0.2) is 0 Å². The maximum Gasteiger partial charge on any atom is 0.0715 e. The van der Waals surface area contributed by atoms with Crippen molar-refractivity contribution in [2.24, 2.45) is 0 Å². The van der Waals surface area contributed by atoms with Gasteiger partial charge in [0.05, 0.1) is 5.41 Å². The summed E-state index contributed by atoms with van der Waals surface area (Å²) in [5.74, 6) is 0. The Balaban J connectivity index is 1.04. The molecule has 0 N–H and O–H groups in total. The van der Waals surface area contributed by atoms with E-state index in [4.69, 9.17) is 0 Å². The highest BCUT2D eigenvalue weighted by Gasteiger charge is 2.47. The molecular formula is C73H52N2. The molecule has 0 atom stereocenters. The first-order valence-electron chi connectivity index (χ1n) is 25.8. The molecule has 75 heavy (non-hydrogen) atoms. The van der Waals surface area contributed by atoms with Crippen molar-refractivity contribution in [1.29, 1.82) is 0 Å². The van der Waals surface area contributed by atoms with Gasteiger partial charge in [0.25, 0.3) is 0 Å². The average Bonchev–Trinajstić information content (AvgIpc) is 3.85. The molecule has 0 unspecified atom stereocenters. The van der Waals surface area contributed by atoms with Crippen molar-refractivity contribution in [2.45, 2.75) is 5.41 Å². The van der Waals surface area contributed by atoms with Crippen LogP contribution in [0.2, 0.25) is 0 Å². The third kappa shape index (κ3) is 8.39. The van der Waals surface area contributed by atoms with E-state index in [0.29, 0.717) is 0 Å². The van der Waals surface area contributed by atoms with Gasteiger partial charge in [0.15, 0.2) is 0 Å². The van der Waals surface area contributed by atoms with Gasteiger partial charge in [-0.05, 0) is 151 Å². The van der Waals surface area contributed by atoms with Crippen LogP contribution in [0.25, 0.3) is 55.6 Å². The zero-order valence-corrected chi connectivity index (χ0v) is 41.4. The van der Waals surface area contributed by atoms with E-state index in [1.54, 1.807) is 0 Å². The molecule has 0 amide bonds. The largest absolute Gasteiger partial charge is 0.310 e. The maximum absolute atomic E-state index is 2.47. The lowest BCUT2D eigenvalue weighted by molar-refractivity contribution is 0.768. The maximum atomic E-state index is 2.47. The van der Waals surface area contributed by atoms with Crippen molar-refractivity contribution < 1.29 is 0 Å². The predicted octanol–water partition coefficient (Wildman–Crippen LogP) is 19.7. The van der Waals surface area contributed by atoms with E-state index in [1.807, 2.05) is 0 Å². The van der Waals surface area contributed by atoms with Crippen LogP contribution in [0.1, 0.15) is 22.3 Å². The minimum Gasteiger partial charge on any atom is -0.310 e. The van der Waals surface area contributed by atoms with Gasteiger partial charge in [0, 0.05) is 34.1 Å². The fourth-order valence-electron chi connectivity index (χ4n) is 11.4. The molecule has 0 bridgehead atoms. The normalized spacial score (nSPS) is 12.1. The van der Waals surface area contributed by atoms with Gasteiger partial charge in [-0.15, -0.1) is 0 Å². The van der Waals surface area contributed by atoms with Gasteiger partial charge in [-0.2, -0.15) is 0 Å². The Hall–Kier alpha value is -9.76. The third-order valence-electron chi connectivity index (χ3n) is 15.0. The molecule has 13 rings (SSSR count). The minimum absolute atomic E-state index is 0.750. The van der Waals surface area contributed by atoms with E-state index >= 15 is 0 Å². The van der Waals surface area contributed by atoms with E-state index in [-0.39, 0.29) is 0 Å². The van der Waals surface area contributed by atoms with Crippen molar-refractivity contribution in [2.75, 3.05) is 9.80 Å². The van der Waals surface area contributed by atoms with Crippen molar-refractivity contribution in [3.05, 3.63) is 338 Å². The lowest BCUT2D eigenvalue weighted by Crippen LogP contribution is -2.29. The Bertz CT molecular complexity index is 3520. The summed E-state index contributed by atoms with van der Waals surface area (Å²) in [4.78, 5) is 4.77. The highest BCUT2D eigenvalue weighted by Crippen LogP contribution is 2.59. The van der Waals surface area contributed by atoms with Crippen LogP contribution in [-0.4, -0.2) is 0 Å². The number of fused-ring (bicyclic) bond motifs is 3. The van der Waals surface area contributed by atoms with E-state index < -0.39 is 5.41 Å². The minimum atomic E-state index is -0.750. The molecular weight excluding hydrogens is 905 g/mol. The Morgan fingerprint density at radius 1 is 0.187 bits per heavy atom. The summed E-state index contributed by atoms with van der Waals surface area (Å²) >= 11 is 0. The molecule has 12 aromatic rings. The molecule has 0 aliphatic heterocycles. The summed E-state index contributed by atoms with van der Waals surface area (Å²) in [6.45, 7) is 0. The fraction of sp³-hybridized carbons (Fsp3) is 0.0137. The van der Waals surface area contributed by atoms with E-state index in [0.717, 1.165) is 34.1 Å². The first-order chi connectivity index (χ1) is 37.2. The summed E-state index contributed by atoms with van der Waals surface area (Å²) in [5, 5.41) is 0. The molecule has 0 aromatic heterocycles. The molecule has 1 aliphatic carbocycles. The van der Waals surface area contributed by atoms with Gasteiger partial charge in [0.2, 0.25) is 0 Å². The van der Waals surface area contributed by atoms with Crippen LogP contribution < -0.4 is 9.80 Å². The fourth-order valence-corrected chi connectivity index (χ4v) is 11.4. The van der Waals surface area contributed by atoms with Gasteiger partial charge >= 0.3 is 0 Å². The quantitative estimate of drug-likeness (QED) is 0.120. The number of para-hydroxylation sites is 4. The Kier molecular flexibility index (Phi) is 11.8. The number of nitrogens with zero attached hydrogens (tertiary/aromatic N) is 2. The topological polar surface area (TPSA) is 6.48 Å². The van der Waals surface area contributed by atoms with Crippen LogP contribution in [0.4, 0.5) is 34.1 Å². The predicted molar refractivity (Wildman–Crippen MR) is 315 cm³/mol. The molecule has 1 aliphatic rings. The monoisotopic (exact) mass is 956 g/mol. The zero-order chi connectivity index (χ0) is 50.0. The summed E-state index contributed by atoms with van der Waals surface area (Å²) in [7, 11) is 0. The van der Waals surface area contributed by atoms with Crippen LogP contribution in [0, 0.1) is 0 Å². The second kappa shape index (κ2) is 19.7. The Labute approximate surface area is 440 Å². The summed E-state index contributed by atoms with van der Waals surface area (Å²) in [6.07, 6.45) is 0. The molecule has 0 saturated carbocycles. The lowest BCUT2D eigenvalue weighted by Gasteiger charge is -2.36. The second-order valence-electron chi connectivity index (χ2n) is 19.3. The molecule has 354 valence electrons. The number of anilines is 6. The smallest absolute Gasteiger partial charge is 0.0715 e. The van der Waals surface area contributed by atoms with Gasteiger partial charge in [0.1, 0.15) is 0 Å². The molecule has 0 spiro atoms. The first kappa shape index (κ1) is 45.1. The van der Waals surface area contributed by atoms with Crippen LogP contribution >= 0.6 is 0 Å². The standard InChI is InChI=1S/C73H52N2/c1-7-19-53(20-8-1)55-31-35-57(36-32-55)59-39-43-61(44-40-59)73(62-45-41-60(42-46-62)58-37-33-56(34-38-58)54-21-9-2-10-22-54)71-51-67(74(63-23-11-3-12-24-63)64-25-13-4-14-26-64)47-49-69(71)70-50-48-68(52-72(70)73)75(65-27-15-5-16-28-65)66-29-17-6-18-30-66/h1-52H. The van der Waals surface area contributed by atoms with E-state index in [2.05, 4.69) is 325 Å². The summed E-state index contributed by atoms with van der Waals surface area (Å²) in [5.41, 5.74) is 22.6. The molecule has 0 radical (unpaired) electrons. The van der Waals surface area contributed by atoms with E-state index in [1.165, 1.54) is 77.9 Å². The van der Waals surface area contributed by atoms with Crippen LogP contribution in [0.5, 0.6) is 0 Å². The van der Waals surface area contributed by atoms with Gasteiger partial charge < -0.3 is 9.80 Å². The molecule has 2 nitrogen and oxygen atoms in total. The average molecular weight is 957 g/mol. The van der Waals surface area contributed by atoms with Gasteiger partial charge in [-0.3, -0.25) is 0 Å². The van der Waals surface area contributed by atoms with Gasteiger partial charge in [-0.1, -0.05) is 243 Å². The Morgan fingerprint density at radius 3 is 0.680 bits per heavy atom. The number of hydrogen-bond acceptors (Lipinski definition) is 2. The van der Waals surface area contributed by atoms with Crippen molar-refractivity contribution in [3.63, 3.8) is 0 Å². The molecule has 0 saturated heterocycles. The summed E-state index contributed by atoms with van der Waals surface area (Å²) in [6, 6.07) is 115. The SMILES string of the molecule is c1ccc(-c2ccc(-c3ccc(C4(c5ccc(-c6ccc(-c7ccccc7)cc6)cc5)c5cc(N(c6ccccc6)c6ccccc6)ccc5-c5ccc(N(c6ccccc6)c6ccccc6)cc54)cc3)cc2)cc1. The molecule has 0 fully saturated rings. The van der Waals surface area contributed by atoms with Crippen LogP contribution in [0.15, 0.2) is 315 Å². The lowest BCUT2D eigenvalue weighted by atomic mass is 9.67. The van der Waals surface area contributed by atoms with Crippen LogP contribution in [-0.2, 0) is 5.41 Å². The Morgan fingerprint density at radius 2 is 0.413 bits per heavy atom. The highest BCUT2D eigenvalue weighted by molar-refractivity contribution is 5.92. The first-order valence-corrected chi connectivity index (χ1v) is 25.8. The van der Waals surface area contributed by atoms with Crippen molar-refractivity contribution in [3.8, 4) is 55.6 Å². The molecule has 0 heterocycles.